The van der Waals surface area contributed by atoms with E-state index in [4.69, 9.17) is 4.74 Å². The van der Waals surface area contributed by atoms with E-state index in [-0.39, 0.29) is 0 Å². The van der Waals surface area contributed by atoms with Crippen molar-refractivity contribution in [2.45, 2.75) is 33.4 Å². The van der Waals surface area contributed by atoms with Crippen molar-refractivity contribution >= 4 is 10.9 Å². The molecule has 0 saturated heterocycles. The third kappa shape index (κ3) is 3.62. The topological polar surface area (TPSA) is 26.2 Å². The van der Waals surface area contributed by atoms with Gasteiger partial charge < -0.3 is 14.6 Å². The molecule has 2 aromatic rings. The zero-order chi connectivity index (χ0) is 14.4. The summed E-state index contributed by atoms with van der Waals surface area (Å²) in [6, 6.07) is 8.77. The molecule has 1 N–H and O–H groups in total. The number of benzene rings is 1. The summed E-state index contributed by atoms with van der Waals surface area (Å²) in [6.45, 7) is 8.19. The minimum Gasteiger partial charge on any atom is -0.383 e. The maximum Gasteiger partial charge on any atom is 0.0587 e. The Morgan fingerprint density at radius 2 is 2.15 bits per heavy atom. The van der Waals surface area contributed by atoms with E-state index in [0.717, 1.165) is 26.2 Å². The van der Waals surface area contributed by atoms with Gasteiger partial charge >= 0.3 is 0 Å². The first-order chi connectivity index (χ1) is 9.76. The van der Waals surface area contributed by atoms with Crippen LogP contribution in [-0.4, -0.2) is 24.8 Å². The van der Waals surface area contributed by atoms with E-state index < -0.39 is 0 Å². The van der Waals surface area contributed by atoms with Gasteiger partial charge in [0.05, 0.1) is 12.1 Å². The van der Waals surface area contributed by atoms with Crippen molar-refractivity contribution < 1.29 is 4.74 Å². The van der Waals surface area contributed by atoms with Gasteiger partial charge in [0.15, 0.2) is 0 Å². The summed E-state index contributed by atoms with van der Waals surface area (Å²) in [5.41, 5.74) is 2.74. The molecule has 0 bridgehead atoms. The fourth-order valence-corrected chi connectivity index (χ4v) is 2.50. The summed E-state index contributed by atoms with van der Waals surface area (Å²) in [7, 11) is 1.74. The predicted molar refractivity (Wildman–Crippen MR) is 85.0 cm³/mol. The van der Waals surface area contributed by atoms with Gasteiger partial charge in [0.1, 0.15) is 0 Å². The van der Waals surface area contributed by atoms with Crippen LogP contribution in [0.2, 0.25) is 0 Å². The Hall–Kier alpha value is -1.32. The summed E-state index contributed by atoms with van der Waals surface area (Å²) >= 11 is 0. The smallest absolute Gasteiger partial charge is 0.0587 e. The molecule has 0 fully saturated rings. The van der Waals surface area contributed by atoms with Gasteiger partial charge in [0, 0.05) is 32.9 Å². The molecular weight excluding hydrogens is 248 g/mol. The molecule has 1 aromatic heterocycles. The molecule has 0 aliphatic heterocycles. The Bertz CT molecular complexity index is 533. The van der Waals surface area contributed by atoms with E-state index in [1.54, 1.807) is 7.11 Å². The zero-order valence-corrected chi connectivity index (χ0v) is 12.9. The van der Waals surface area contributed by atoms with Crippen LogP contribution in [0.3, 0.4) is 0 Å². The Morgan fingerprint density at radius 3 is 2.90 bits per heavy atom. The van der Waals surface area contributed by atoms with Crippen molar-refractivity contribution in [2.75, 3.05) is 20.3 Å². The summed E-state index contributed by atoms with van der Waals surface area (Å²) in [4.78, 5) is 0. The lowest BCUT2D eigenvalue weighted by atomic mass is 10.1. The monoisotopic (exact) mass is 274 g/mol. The first-order valence-electron chi connectivity index (χ1n) is 7.52. The van der Waals surface area contributed by atoms with Gasteiger partial charge in [0.25, 0.3) is 0 Å². The van der Waals surface area contributed by atoms with Gasteiger partial charge in [-0.2, -0.15) is 0 Å². The van der Waals surface area contributed by atoms with Gasteiger partial charge in [-0.05, 0) is 22.9 Å². The third-order valence-electron chi connectivity index (χ3n) is 3.88. The number of aromatic nitrogens is 1. The SMILES string of the molecule is CCC(C)Cn1ccc2cccc(CNCCOC)c21. The molecule has 1 aromatic carbocycles. The molecule has 0 aliphatic carbocycles. The molecule has 3 nitrogen and oxygen atoms in total. The fraction of sp³-hybridized carbons (Fsp3) is 0.529. The number of nitrogens with one attached hydrogen (secondary N) is 1. The number of rotatable bonds is 8. The normalized spacial score (nSPS) is 12.9. The van der Waals surface area contributed by atoms with Gasteiger partial charge in [-0.1, -0.05) is 38.5 Å². The van der Waals surface area contributed by atoms with Crippen LogP contribution in [0.4, 0.5) is 0 Å². The van der Waals surface area contributed by atoms with E-state index in [2.05, 4.69) is 54.2 Å². The average Bonchev–Trinajstić information content (AvgIpc) is 2.87. The summed E-state index contributed by atoms with van der Waals surface area (Å²) in [6.07, 6.45) is 3.43. The maximum absolute atomic E-state index is 5.08. The van der Waals surface area contributed by atoms with Gasteiger partial charge in [-0.15, -0.1) is 0 Å². The third-order valence-corrected chi connectivity index (χ3v) is 3.88. The molecule has 0 spiro atoms. The second-order valence-electron chi connectivity index (χ2n) is 5.51. The van der Waals surface area contributed by atoms with E-state index in [9.17, 15) is 0 Å². The van der Waals surface area contributed by atoms with Crippen LogP contribution < -0.4 is 5.32 Å². The molecule has 0 amide bonds. The summed E-state index contributed by atoms with van der Waals surface area (Å²) in [5, 5.41) is 4.77. The lowest BCUT2D eigenvalue weighted by Crippen LogP contribution is -2.19. The van der Waals surface area contributed by atoms with Gasteiger partial charge in [-0.3, -0.25) is 0 Å². The number of hydrogen-bond acceptors (Lipinski definition) is 2. The number of nitrogens with zero attached hydrogens (tertiary/aromatic N) is 1. The quantitative estimate of drug-likeness (QED) is 0.746. The zero-order valence-electron chi connectivity index (χ0n) is 12.9. The van der Waals surface area contributed by atoms with Crippen molar-refractivity contribution in [3.63, 3.8) is 0 Å². The Balaban J connectivity index is 2.18. The molecular formula is C17H26N2O. The van der Waals surface area contributed by atoms with Crippen molar-refractivity contribution in [3.05, 3.63) is 36.0 Å². The maximum atomic E-state index is 5.08. The van der Waals surface area contributed by atoms with Crippen molar-refractivity contribution in [3.8, 4) is 0 Å². The Labute approximate surface area is 121 Å². The molecule has 0 radical (unpaired) electrons. The van der Waals surface area contributed by atoms with Crippen molar-refractivity contribution in [1.82, 2.24) is 9.88 Å². The largest absolute Gasteiger partial charge is 0.383 e. The number of ether oxygens (including phenoxy) is 1. The fourth-order valence-electron chi connectivity index (χ4n) is 2.50. The summed E-state index contributed by atoms with van der Waals surface area (Å²) in [5.74, 6) is 0.708. The highest BCUT2D eigenvalue weighted by molar-refractivity contribution is 5.83. The second kappa shape index (κ2) is 7.46. The molecule has 1 unspecified atom stereocenters. The van der Waals surface area contributed by atoms with Gasteiger partial charge in [0.2, 0.25) is 0 Å². The average molecular weight is 274 g/mol. The highest BCUT2D eigenvalue weighted by Gasteiger charge is 2.08. The standard InChI is InChI=1S/C17H26N2O/c1-4-14(2)13-19-10-8-15-6-5-7-16(17(15)19)12-18-9-11-20-3/h5-8,10,14,18H,4,9,11-13H2,1-3H3. The number of fused-ring (bicyclic) bond motifs is 1. The molecule has 110 valence electrons. The molecule has 0 aliphatic rings. The molecule has 20 heavy (non-hydrogen) atoms. The van der Waals surface area contributed by atoms with E-state index in [1.165, 1.54) is 22.9 Å². The second-order valence-corrected chi connectivity index (χ2v) is 5.51. The highest BCUT2D eigenvalue weighted by atomic mass is 16.5. The number of hydrogen-bond donors (Lipinski definition) is 1. The highest BCUT2D eigenvalue weighted by Crippen LogP contribution is 2.22. The number of methoxy groups -OCH3 is 1. The Kier molecular flexibility index (Phi) is 5.62. The van der Waals surface area contributed by atoms with E-state index in [0.29, 0.717) is 5.92 Å². The van der Waals surface area contributed by atoms with Crippen LogP contribution in [-0.2, 0) is 17.8 Å². The van der Waals surface area contributed by atoms with Crippen molar-refractivity contribution in [2.24, 2.45) is 5.92 Å². The van der Waals surface area contributed by atoms with E-state index >= 15 is 0 Å². The van der Waals surface area contributed by atoms with Gasteiger partial charge in [-0.25, -0.2) is 0 Å². The number of para-hydroxylation sites is 1. The first kappa shape index (κ1) is 15.1. The predicted octanol–water partition coefficient (Wildman–Crippen LogP) is 3.42. The van der Waals surface area contributed by atoms with Crippen LogP contribution in [0.15, 0.2) is 30.5 Å². The molecule has 3 heteroatoms. The van der Waals surface area contributed by atoms with Crippen LogP contribution in [0, 0.1) is 5.92 Å². The van der Waals surface area contributed by atoms with Crippen LogP contribution in [0.5, 0.6) is 0 Å². The minimum atomic E-state index is 0.708. The van der Waals surface area contributed by atoms with Crippen LogP contribution in [0.25, 0.3) is 10.9 Å². The minimum absolute atomic E-state index is 0.708. The lowest BCUT2D eigenvalue weighted by molar-refractivity contribution is 0.199. The van der Waals surface area contributed by atoms with Crippen molar-refractivity contribution in [1.29, 1.82) is 0 Å². The molecule has 1 atom stereocenters. The van der Waals surface area contributed by atoms with E-state index in [1.807, 2.05) is 0 Å². The lowest BCUT2D eigenvalue weighted by Gasteiger charge is -2.14. The summed E-state index contributed by atoms with van der Waals surface area (Å²) < 4.78 is 7.48. The first-order valence-corrected chi connectivity index (χ1v) is 7.52. The molecule has 1 heterocycles. The molecule has 2 rings (SSSR count). The Morgan fingerprint density at radius 1 is 1.30 bits per heavy atom. The van der Waals surface area contributed by atoms with Crippen LogP contribution >= 0.6 is 0 Å². The molecule has 0 saturated carbocycles. The van der Waals surface area contributed by atoms with Crippen LogP contribution in [0.1, 0.15) is 25.8 Å².